The lowest BCUT2D eigenvalue weighted by Gasteiger charge is -2.13. The van der Waals surface area contributed by atoms with E-state index in [1.807, 2.05) is 6.92 Å². The van der Waals surface area contributed by atoms with Crippen molar-refractivity contribution < 1.29 is 4.63 Å². The quantitative estimate of drug-likeness (QED) is 0.797. The first-order valence-electron chi connectivity index (χ1n) is 5.79. The normalized spacial score (nSPS) is 23.0. The molecule has 2 aliphatic rings. The molecule has 1 heterocycles. The molecule has 1 aromatic rings. The number of nitrogens with zero attached hydrogens (tertiary/aromatic N) is 2. The number of aromatic nitrogens is 2. The summed E-state index contributed by atoms with van der Waals surface area (Å²) >= 11 is 0. The lowest BCUT2D eigenvalue weighted by Crippen LogP contribution is -2.25. The van der Waals surface area contributed by atoms with Crippen LogP contribution in [0.15, 0.2) is 4.63 Å². The minimum Gasteiger partial charge on any atom is -0.310 e. The van der Waals surface area contributed by atoms with Crippen molar-refractivity contribution in [2.45, 2.75) is 39.2 Å². The smallest absolute Gasteiger partial charge is 0.121 e. The Morgan fingerprint density at radius 1 is 1.40 bits per heavy atom. The Labute approximate surface area is 89.4 Å². The second-order valence-corrected chi connectivity index (χ2v) is 5.04. The molecule has 0 saturated heterocycles. The first-order valence-corrected chi connectivity index (χ1v) is 5.79. The van der Waals surface area contributed by atoms with Gasteiger partial charge >= 0.3 is 0 Å². The Bertz CT molecular complexity index is 352. The maximum atomic E-state index is 4.66. The third-order valence-electron chi connectivity index (χ3n) is 3.85. The summed E-state index contributed by atoms with van der Waals surface area (Å²) in [5, 5.41) is 11.1. The summed E-state index contributed by atoms with van der Waals surface area (Å²) in [7, 11) is 0. The van der Waals surface area contributed by atoms with Crippen molar-refractivity contribution in [1.82, 2.24) is 15.6 Å². The standard InChI is InChI=1S/C11H17N3O/c1-8-10(14-15-13-8)6-12-7-11(4-5-11)9-2-3-9/h9,12H,2-7H2,1H3. The van der Waals surface area contributed by atoms with E-state index >= 15 is 0 Å². The monoisotopic (exact) mass is 207 g/mol. The van der Waals surface area contributed by atoms with Gasteiger partial charge in [-0.3, -0.25) is 0 Å². The molecule has 0 atom stereocenters. The zero-order chi connectivity index (χ0) is 10.3. The fourth-order valence-corrected chi connectivity index (χ4v) is 2.43. The molecule has 1 N–H and O–H groups in total. The highest BCUT2D eigenvalue weighted by atomic mass is 16.6. The topological polar surface area (TPSA) is 51.0 Å². The van der Waals surface area contributed by atoms with E-state index in [0.717, 1.165) is 30.4 Å². The molecule has 2 fully saturated rings. The molecule has 2 aliphatic carbocycles. The van der Waals surface area contributed by atoms with Crippen LogP contribution in [0.4, 0.5) is 0 Å². The van der Waals surface area contributed by atoms with Crippen LogP contribution in [-0.4, -0.2) is 16.9 Å². The predicted molar refractivity (Wildman–Crippen MR) is 55.1 cm³/mol. The average Bonchev–Trinajstić information content (AvgIpc) is 3.10. The Balaban J connectivity index is 1.49. The van der Waals surface area contributed by atoms with Gasteiger partial charge in [-0.1, -0.05) is 10.3 Å². The van der Waals surface area contributed by atoms with Crippen molar-refractivity contribution in [2.24, 2.45) is 11.3 Å². The maximum absolute atomic E-state index is 4.66. The van der Waals surface area contributed by atoms with Crippen LogP contribution >= 0.6 is 0 Å². The number of hydrogen-bond donors (Lipinski definition) is 1. The predicted octanol–water partition coefficient (Wildman–Crippen LogP) is 1.66. The van der Waals surface area contributed by atoms with Gasteiger partial charge in [-0.2, -0.15) is 0 Å². The molecule has 0 unspecified atom stereocenters. The molecule has 82 valence electrons. The van der Waals surface area contributed by atoms with Crippen molar-refractivity contribution in [2.75, 3.05) is 6.54 Å². The zero-order valence-electron chi connectivity index (χ0n) is 9.12. The lowest BCUT2D eigenvalue weighted by atomic mass is 10.0. The third-order valence-corrected chi connectivity index (χ3v) is 3.85. The molecule has 15 heavy (non-hydrogen) atoms. The first-order chi connectivity index (χ1) is 7.30. The van der Waals surface area contributed by atoms with E-state index in [9.17, 15) is 0 Å². The summed E-state index contributed by atoms with van der Waals surface area (Å²) in [4.78, 5) is 0. The molecule has 2 saturated carbocycles. The van der Waals surface area contributed by atoms with Crippen molar-refractivity contribution in [3.05, 3.63) is 11.4 Å². The fourth-order valence-electron chi connectivity index (χ4n) is 2.43. The van der Waals surface area contributed by atoms with Gasteiger partial charge in [0.05, 0.1) is 0 Å². The number of aryl methyl sites for hydroxylation is 1. The van der Waals surface area contributed by atoms with Crippen molar-refractivity contribution in [3.63, 3.8) is 0 Å². The van der Waals surface area contributed by atoms with Gasteiger partial charge in [0.15, 0.2) is 0 Å². The Morgan fingerprint density at radius 3 is 2.73 bits per heavy atom. The Kier molecular flexibility index (Phi) is 2.06. The van der Waals surface area contributed by atoms with Gasteiger partial charge in [0, 0.05) is 13.1 Å². The van der Waals surface area contributed by atoms with E-state index in [0.29, 0.717) is 5.41 Å². The second-order valence-electron chi connectivity index (χ2n) is 5.04. The largest absolute Gasteiger partial charge is 0.310 e. The Morgan fingerprint density at radius 2 is 2.20 bits per heavy atom. The molecule has 0 aromatic carbocycles. The zero-order valence-corrected chi connectivity index (χ0v) is 9.12. The van der Waals surface area contributed by atoms with E-state index < -0.39 is 0 Å². The first kappa shape index (κ1) is 9.33. The van der Waals surface area contributed by atoms with Gasteiger partial charge in [-0.25, -0.2) is 4.63 Å². The average molecular weight is 207 g/mol. The highest BCUT2D eigenvalue weighted by Gasteiger charge is 2.53. The van der Waals surface area contributed by atoms with Crippen molar-refractivity contribution in [1.29, 1.82) is 0 Å². The SMILES string of the molecule is Cc1nonc1CNCC1(C2CC2)CC1. The van der Waals surface area contributed by atoms with Gasteiger partial charge in [0.25, 0.3) is 0 Å². The molecular weight excluding hydrogens is 190 g/mol. The van der Waals surface area contributed by atoms with E-state index in [2.05, 4.69) is 20.3 Å². The molecule has 0 spiro atoms. The van der Waals surface area contributed by atoms with Crippen LogP contribution in [0.3, 0.4) is 0 Å². The molecule has 0 amide bonds. The van der Waals surface area contributed by atoms with Gasteiger partial charge in [-0.05, 0) is 43.9 Å². The molecule has 1 aromatic heterocycles. The van der Waals surface area contributed by atoms with Crippen LogP contribution in [0.5, 0.6) is 0 Å². The summed E-state index contributed by atoms with van der Waals surface area (Å²) < 4.78 is 4.66. The number of nitrogens with one attached hydrogen (secondary N) is 1. The molecule has 4 heteroatoms. The Hall–Kier alpha value is -0.900. The summed E-state index contributed by atoms with van der Waals surface area (Å²) in [5.74, 6) is 1.02. The summed E-state index contributed by atoms with van der Waals surface area (Å²) in [6, 6.07) is 0. The van der Waals surface area contributed by atoms with Gasteiger partial charge in [-0.15, -0.1) is 0 Å². The summed E-state index contributed by atoms with van der Waals surface area (Å²) in [5.41, 5.74) is 2.51. The third kappa shape index (κ3) is 1.78. The van der Waals surface area contributed by atoms with E-state index in [4.69, 9.17) is 0 Å². The van der Waals surface area contributed by atoms with Crippen LogP contribution in [0.25, 0.3) is 0 Å². The van der Waals surface area contributed by atoms with Crippen molar-refractivity contribution >= 4 is 0 Å². The summed E-state index contributed by atoms with van der Waals surface area (Å²) in [6.45, 7) is 3.87. The molecule has 0 radical (unpaired) electrons. The molecule has 0 bridgehead atoms. The molecular formula is C11H17N3O. The van der Waals surface area contributed by atoms with E-state index in [-0.39, 0.29) is 0 Å². The highest BCUT2D eigenvalue weighted by molar-refractivity contribution is 5.07. The van der Waals surface area contributed by atoms with Crippen LogP contribution < -0.4 is 5.32 Å². The lowest BCUT2D eigenvalue weighted by molar-refractivity contribution is 0.299. The van der Waals surface area contributed by atoms with E-state index in [1.165, 1.54) is 25.7 Å². The van der Waals surface area contributed by atoms with Gasteiger partial charge in [0.2, 0.25) is 0 Å². The molecule has 0 aliphatic heterocycles. The van der Waals surface area contributed by atoms with E-state index in [1.54, 1.807) is 0 Å². The van der Waals surface area contributed by atoms with Crippen LogP contribution in [0.2, 0.25) is 0 Å². The fraction of sp³-hybridized carbons (Fsp3) is 0.818. The number of hydrogen-bond acceptors (Lipinski definition) is 4. The minimum absolute atomic E-state index is 0.658. The van der Waals surface area contributed by atoms with Crippen molar-refractivity contribution in [3.8, 4) is 0 Å². The number of rotatable bonds is 5. The van der Waals surface area contributed by atoms with Gasteiger partial charge < -0.3 is 5.32 Å². The van der Waals surface area contributed by atoms with Crippen LogP contribution in [-0.2, 0) is 6.54 Å². The summed E-state index contributed by atoms with van der Waals surface area (Å²) in [6.07, 6.45) is 5.74. The molecule has 4 nitrogen and oxygen atoms in total. The highest BCUT2D eigenvalue weighted by Crippen LogP contribution is 2.60. The molecule has 3 rings (SSSR count). The minimum atomic E-state index is 0.658. The second kappa shape index (κ2) is 3.30. The maximum Gasteiger partial charge on any atom is 0.121 e. The van der Waals surface area contributed by atoms with Crippen LogP contribution in [0, 0.1) is 18.3 Å². The van der Waals surface area contributed by atoms with Gasteiger partial charge in [0.1, 0.15) is 11.4 Å². The van der Waals surface area contributed by atoms with Crippen LogP contribution in [0.1, 0.15) is 37.1 Å².